The van der Waals surface area contributed by atoms with E-state index < -0.39 is 0 Å². The fraction of sp³-hybridized carbons (Fsp3) is 0.786. The molecule has 0 amide bonds. The molecule has 1 fully saturated rings. The lowest BCUT2D eigenvalue weighted by Gasteiger charge is -2.32. The Labute approximate surface area is 126 Å². The van der Waals surface area contributed by atoms with E-state index in [4.69, 9.17) is 4.52 Å². The number of piperidine rings is 1. The molecule has 0 aromatic carbocycles. The molecule has 0 radical (unpaired) electrons. The molecular formula is C14H26N6O. The van der Waals surface area contributed by atoms with E-state index in [2.05, 4.69) is 37.6 Å². The van der Waals surface area contributed by atoms with Crippen molar-refractivity contribution in [1.29, 1.82) is 0 Å². The minimum atomic E-state index is 0.483. The average Bonchev–Trinajstić information content (AvgIpc) is 2.91. The van der Waals surface area contributed by atoms with Gasteiger partial charge in [0.15, 0.2) is 11.8 Å². The Balaban J connectivity index is 1.73. The summed E-state index contributed by atoms with van der Waals surface area (Å²) in [6, 6.07) is 0.483. The van der Waals surface area contributed by atoms with Gasteiger partial charge in [-0.05, 0) is 25.8 Å². The Morgan fingerprint density at radius 1 is 1.43 bits per heavy atom. The van der Waals surface area contributed by atoms with Gasteiger partial charge in [-0.25, -0.2) is 0 Å². The van der Waals surface area contributed by atoms with Crippen LogP contribution >= 0.6 is 0 Å². The number of nitrogens with zero attached hydrogens (tertiary/aromatic N) is 4. The topological polar surface area (TPSA) is 78.6 Å². The van der Waals surface area contributed by atoms with Crippen LogP contribution in [0.4, 0.5) is 0 Å². The van der Waals surface area contributed by atoms with Crippen molar-refractivity contribution in [2.75, 3.05) is 26.7 Å². The van der Waals surface area contributed by atoms with Crippen LogP contribution < -0.4 is 10.6 Å². The molecule has 21 heavy (non-hydrogen) atoms. The van der Waals surface area contributed by atoms with E-state index >= 15 is 0 Å². The molecule has 0 atom stereocenters. The normalized spacial score (nSPS) is 18.0. The Kier molecular flexibility index (Phi) is 5.98. The molecule has 0 bridgehead atoms. The van der Waals surface area contributed by atoms with Crippen molar-refractivity contribution in [3.05, 3.63) is 11.7 Å². The highest BCUT2D eigenvalue weighted by Gasteiger charge is 2.19. The van der Waals surface area contributed by atoms with E-state index in [-0.39, 0.29) is 0 Å². The number of likely N-dealkylation sites (tertiary alicyclic amines) is 1. The van der Waals surface area contributed by atoms with Crippen LogP contribution in [0.3, 0.4) is 0 Å². The summed E-state index contributed by atoms with van der Waals surface area (Å²) in [7, 11) is 1.78. The molecule has 1 aliphatic heterocycles. The number of aromatic nitrogens is 2. The predicted octanol–water partition coefficient (Wildman–Crippen LogP) is 0.917. The molecule has 1 aromatic heterocycles. The van der Waals surface area contributed by atoms with Crippen molar-refractivity contribution in [2.45, 2.75) is 45.7 Å². The summed E-state index contributed by atoms with van der Waals surface area (Å²) >= 11 is 0. The van der Waals surface area contributed by atoms with Crippen LogP contribution in [0.5, 0.6) is 0 Å². The molecule has 0 spiro atoms. The number of aliphatic imine (C=N–C) groups is 1. The number of hydrogen-bond donors (Lipinski definition) is 2. The molecule has 118 valence electrons. The SMILES string of the molecule is CCCN1CCC(NC(=NC)NCc2noc(C)n2)CC1. The molecule has 0 saturated carbocycles. The second-order valence-corrected chi connectivity index (χ2v) is 5.42. The zero-order chi connectivity index (χ0) is 15.1. The first kappa shape index (κ1) is 15.8. The molecule has 7 heteroatoms. The van der Waals surface area contributed by atoms with Gasteiger partial charge in [-0.3, -0.25) is 4.99 Å². The van der Waals surface area contributed by atoms with E-state index in [0.29, 0.717) is 24.3 Å². The van der Waals surface area contributed by atoms with Gasteiger partial charge < -0.3 is 20.1 Å². The van der Waals surface area contributed by atoms with Gasteiger partial charge in [0.2, 0.25) is 5.89 Å². The zero-order valence-corrected chi connectivity index (χ0v) is 13.2. The van der Waals surface area contributed by atoms with Crippen molar-refractivity contribution in [2.24, 2.45) is 4.99 Å². The first-order chi connectivity index (χ1) is 10.2. The third-order valence-electron chi connectivity index (χ3n) is 3.68. The van der Waals surface area contributed by atoms with Crippen molar-refractivity contribution >= 4 is 5.96 Å². The second-order valence-electron chi connectivity index (χ2n) is 5.42. The van der Waals surface area contributed by atoms with Gasteiger partial charge in [0.05, 0.1) is 6.54 Å². The number of rotatable bonds is 5. The zero-order valence-electron chi connectivity index (χ0n) is 13.2. The smallest absolute Gasteiger partial charge is 0.223 e. The summed E-state index contributed by atoms with van der Waals surface area (Å²) in [5.74, 6) is 2.03. The fourth-order valence-corrected chi connectivity index (χ4v) is 2.58. The average molecular weight is 294 g/mol. The maximum Gasteiger partial charge on any atom is 0.223 e. The standard InChI is InChI=1S/C14H26N6O/c1-4-7-20-8-5-12(6-9-20)18-14(15-3)16-10-13-17-11(2)21-19-13/h12H,4-10H2,1-3H3,(H2,15,16,18). The number of nitrogens with one attached hydrogen (secondary N) is 2. The molecular weight excluding hydrogens is 268 g/mol. The van der Waals surface area contributed by atoms with Gasteiger partial charge >= 0.3 is 0 Å². The predicted molar refractivity (Wildman–Crippen MR) is 82.1 cm³/mol. The van der Waals surface area contributed by atoms with Gasteiger partial charge in [0.25, 0.3) is 0 Å². The highest BCUT2D eigenvalue weighted by molar-refractivity contribution is 5.79. The highest BCUT2D eigenvalue weighted by Crippen LogP contribution is 2.10. The lowest BCUT2D eigenvalue weighted by molar-refractivity contribution is 0.206. The minimum absolute atomic E-state index is 0.483. The molecule has 7 nitrogen and oxygen atoms in total. The Morgan fingerprint density at radius 2 is 2.19 bits per heavy atom. The summed E-state index contributed by atoms with van der Waals surface area (Å²) in [5.41, 5.74) is 0. The van der Waals surface area contributed by atoms with Crippen molar-refractivity contribution < 1.29 is 4.52 Å². The molecule has 1 saturated heterocycles. The molecule has 2 heterocycles. The van der Waals surface area contributed by atoms with Gasteiger partial charge in [-0.15, -0.1) is 0 Å². The highest BCUT2D eigenvalue weighted by atomic mass is 16.5. The van der Waals surface area contributed by atoms with E-state index in [9.17, 15) is 0 Å². The molecule has 1 aromatic rings. The quantitative estimate of drug-likeness (QED) is 0.621. The molecule has 2 N–H and O–H groups in total. The molecule has 2 rings (SSSR count). The van der Waals surface area contributed by atoms with Crippen LogP contribution in [0.1, 0.15) is 37.9 Å². The summed E-state index contributed by atoms with van der Waals surface area (Å²) in [6.45, 7) is 8.06. The van der Waals surface area contributed by atoms with Crippen LogP contribution in [0, 0.1) is 6.92 Å². The third kappa shape index (κ3) is 5.00. The minimum Gasteiger partial charge on any atom is -0.354 e. The largest absolute Gasteiger partial charge is 0.354 e. The number of hydrogen-bond acceptors (Lipinski definition) is 5. The first-order valence-electron chi connectivity index (χ1n) is 7.70. The Hall–Kier alpha value is -1.63. The van der Waals surface area contributed by atoms with Crippen LogP contribution in [-0.4, -0.2) is 53.7 Å². The fourth-order valence-electron chi connectivity index (χ4n) is 2.58. The van der Waals surface area contributed by atoms with Crippen LogP contribution in [0.15, 0.2) is 9.52 Å². The maximum atomic E-state index is 4.95. The summed E-state index contributed by atoms with van der Waals surface area (Å²) in [6.07, 6.45) is 3.54. The monoisotopic (exact) mass is 294 g/mol. The Bertz CT molecular complexity index is 450. The lowest BCUT2D eigenvalue weighted by Crippen LogP contribution is -2.48. The van der Waals surface area contributed by atoms with Gasteiger partial charge in [0, 0.05) is 33.1 Å². The van der Waals surface area contributed by atoms with Crippen LogP contribution in [0.2, 0.25) is 0 Å². The Morgan fingerprint density at radius 3 is 2.76 bits per heavy atom. The third-order valence-corrected chi connectivity index (χ3v) is 3.68. The van der Waals surface area contributed by atoms with Crippen molar-refractivity contribution in [3.8, 4) is 0 Å². The van der Waals surface area contributed by atoms with Gasteiger partial charge in [-0.1, -0.05) is 12.1 Å². The summed E-state index contributed by atoms with van der Waals surface area (Å²) in [4.78, 5) is 10.9. The van der Waals surface area contributed by atoms with Crippen LogP contribution in [0.25, 0.3) is 0 Å². The first-order valence-corrected chi connectivity index (χ1v) is 7.70. The van der Waals surface area contributed by atoms with E-state index in [1.54, 1.807) is 14.0 Å². The number of aryl methyl sites for hydroxylation is 1. The lowest BCUT2D eigenvalue weighted by atomic mass is 10.1. The number of guanidine groups is 1. The van der Waals surface area contributed by atoms with Crippen molar-refractivity contribution in [3.63, 3.8) is 0 Å². The maximum absolute atomic E-state index is 4.95. The summed E-state index contributed by atoms with van der Waals surface area (Å²) in [5, 5.41) is 10.6. The van der Waals surface area contributed by atoms with Gasteiger partial charge in [-0.2, -0.15) is 4.98 Å². The van der Waals surface area contributed by atoms with E-state index in [0.717, 1.165) is 31.9 Å². The van der Waals surface area contributed by atoms with Crippen molar-refractivity contribution in [1.82, 2.24) is 25.7 Å². The molecule has 0 aliphatic carbocycles. The molecule has 1 aliphatic rings. The molecule has 0 unspecified atom stereocenters. The second kappa shape index (κ2) is 7.97. The van der Waals surface area contributed by atoms with E-state index in [1.807, 2.05) is 0 Å². The van der Waals surface area contributed by atoms with Crippen LogP contribution in [-0.2, 0) is 6.54 Å². The van der Waals surface area contributed by atoms with Gasteiger partial charge in [0.1, 0.15) is 0 Å². The van der Waals surface area contributed by atoms with E-state index in [1.165, 1.54) is 13.0 Å². The summed E-state index contributed by atoms with van der Waals surface area (Å²) < 4.78 is 4.95.